The standard InChI is InChI=1S/C12H20N2O4/c1-18-8-9-4-6-13(7-9)12(17)14-5-2-3-10(14)11(15)16/h9-10H,2-8H2,1H3,(H,15,16)/t9?,10-/m1/s1. The first kappa shape index (κ1) is 13.1. The van der Waals surface area contributed by atoms with Gasteiger partial charge in [0.2, 0.25) is 0 Å². The SMILES string of the molecule is COCC1CCN(C(=O)N2CCC[C@@H]2C(=O)O)C1. The van der Waals surface area contributed by atoms with Gasteiger partial charge in [-0.1, -0.05) is 0 Å². The molecular weight excluding hydrogens is 236 g/mol. The van der Waals surface area contributed by atoms with Crippen molar-refractivity contribution >= 4 is 12.0 Å². The molecule has 2 fully saturated rings. The monoisotopic (exact) mass is 256 g/mol. The van der Waals surface area contributed by atoms with E-state index in [1.54, 1.807) is 12.0 Å². The summed E-state index contributed by atoms with van der Waals surface area (Å²) < 4.78 is 5.09. The van der Waals surface area contributed by atoms with Gasteiger partial charge in [-0.3, -0.25) is 0 Å². The molecular formula is C12H20N2O4. The highest BCUT2D eigenvalue weighted by Crippen LogP contribution is 2.23. The van der Waals surface area contributed by atoms with Crippen LogP contribution in [0.15, 0.2) is 0 Å². The summed E-state index contributed by atoms with van der Waals surface area (Å²) in [5, 5.41) is 9.08. The molecule has 2 aliphatic heterocycles. The number of carbonyl (C=O) groups is 2. The van der Waals surface area contributed by atoms with Gasteiger partial charge in [-0.15, -0.1) is 0 Å². The number of carboxylic acids is 1. The molecule has 2 amide bonds. The summed E-state index contributed by atoms with van der Waals surface area (Å²) in [5.74, 6) is -0.515. The van der Waals surface area contributed by atoms with E-state index in [9.17, 15) is 9.59 Å². The van der Waals surface area contributed by atoms with Crippen molar-refractivity contribution in [3.05, 3.63) is 0 Å². The number of amides is 2. The van der Waals surface area contributed by atoms with Crippen LogP contribution in [0.2, 0.25) is 0 Å². The van der Waals surface area contributed by atoms with E-state index in [0.29, 0.717) is 38.6 Å². The summed E-state index contributed by atoms with van der Waals surface area (Å²) in [6, 6.07) is -0.766. The van der Waals surface area contributed by atoms with Gasteiger partial charge in [-0.25, -0.2) is 9.59 Å². The Morgan fingerprint density at radius 3 is 2.78 bits per heavy atom. The quantitative estimate of drug-likeness (QED) is 0.803. The molecule has 6 nitrogen and oxygen atoms in total. The van der Waals surface area contributed by atoms with Gasteiger partial charge in [0.25, 0.3) is 0 Å². The van der Waals surface area contributed by atoms with Crippen molar-refractivity contribution in [2.75, 3.05) is 33.4 Å². The average Bonchev–Trinajstić information content (AvgIpc) is 2.96. The number of hydrogen-bond acceptors (Lipinski definition) is 3. The van der Waals surface area contributed by atoms with Crippen molar-refractivity contribution in [1.29, 1.82) is 0 Å². The van der Waals surface area contributed by atoms with Crippen LogP contribution in [0.25, 0.3) is 0 Å². The van der Waals surface area contributed by atoms with E-state index in [4.69, 9.17) is 9.84 Å². The van der Waals surface area contributed by atoms with Crippen LogP contribution in [0.5, 0.6) is 0 Å². The highest BCUT2D eigenvalue weighted by molar-refractivity contribution is 5.83. The lowest BCUT2D eigenvalue weighted by Crippen LogP contribution is -2.47. The van der Waals surface area contributed by atoms with Gasteiger partial charge in [0, 0.05) is 32.7 Å². The number of ether oxygens (including phenoxy) is 1. The highest BCUT2D eigenvalue weighted by atomic mass is 16.5. The first-order valence-corrected chi connectivity index (χ1v) is 6.40. The zero-order valence-electron chi connectivity index (χ0n) is 10.7. The van der Waals surface area contributed by atoms with E-state index in [1.807, 2.05) is 0 Å². The van der Waals surface area contributed by atoms with Crippen LogP contribution in [0.3, 0.4) is 0 Å². The Morgan fingerprint density at radius 1 is 1.33 bits per heavy atom. The maximum Gasteiger partial charge on any atom is 0.326 e. The Morgan fingerprint density at radius 2 is 2.11 bits per heavy atom. The van der Waals surface area contributed by atoms with Gasteiger partial charge in [0.1, 0.15) is 6.04 Å². The highest BCUT2D eigenvalue weighted by Gasteiger charge is 2.38. The molecule has 102 valence electrons. The van der Waals surface area contributed by atoms with Crippen LogP contribution in [0, 0.1) is 5.92 Å². The van der Waals surface area contributed by atoms with E-state index >= 15 is 0 Å². The number of nitrogens with zero attached hydrogens (tertiary/aromatic N) is 2. The molecule has 0 aliphatic carbocycles. The minimum atomic E-state index is -0.895. The van der Waals surface area contributed by atoms with Crippen LogP contribution in [0.4, 0.5) is 4.79 Å². The topological polar surface area (TPSA) is 70.1 Å². The molecule has 0 radical (unpaired) electrons. The van der Waals surface area contributed by atoms with Gasteiger partial charge in [-0.05, 0) is 19.3 Å². The number of urea groups is 1. The number of methoxy groups -OCH3 is 1. The third-order valence-electron chi connectivity index (χ3n) is 3.74. The molecule has 0 aromatic carbocycles. The lowest BCUT2D eigenvalue weighted by atomic mass is 10.1. The van der Waals surface area contributed by atoms with Gasteiger partial charge in [0.05, 0.1) is 6.61 Å². The summed E-state index contributed by atoms with van der Waals surface area (Å²) in [5.41, 5.74) is 0. The largest absolute Gasteiger partial charge is 0.480 e. The number of carbonyl (C=O) groups excluding carboxylic acids is 1. The van der Waals surface area contributed by atoms with Crippen molar-refractivity contribution in [3.8, 4) is 0 Å². The minimum absolute atomic E-state index is 0.126. The Kier molecular flexibility index (Phi) is 4.06. The average molecular weight is 256 g/mol. The second-order valence-corrected chi connectivity index (χ2v) is 5.03. The van der Waals surface area contributed by atoms with Crippen molar-refractivity contribution in [1.82, 2.24) is 9.80 Å². The molecule has 0 bridgehead atoms. The molecule has 6 heteroatoms. The van der Waals surface area contributed by atoms with Crippen molar-refractivity contribution in [2.45, 2.75) is 25.3 Å². The van der Waals surface area contributed by atoms with Crippen LogP contribution in [0.1, 0.15) is 19.3 Å². The summed E-state index contributed by atoms with van der Waals surface area (Å²) in [4.78, 5) is 26.6. The Bertz CT molecular complexity index is 334. The number of likely N-dealkylation sites (tertiary alicyclic amines) is 2. The van der Waals surface area contributed by atoms with Gasteiger partial charge in [0.15, 0.2) is 0 Å². The van der Waals surface area contributed by atoms with Crippen LogP contribution >= 0.6 is 0 Å². The number of hydrogen-bond donors (Lipinski definition) is 1. The molecule has 2 atom stereocenters. The number of carboxylic acid groups (broad SMARTS) is 1. The summed E-state index contributed by atoms with van der Waals surface area (Å²) in [7, 11) is 1.66. The maximum atomic E-state index is 12.3. The first-order valence-electron chi connectivity index (χ1n) is 6.40. The van der Waals surface area contributed by atoms with E-state index in [1.165, 1.54) is 4.90 Å². The van der Waals surface area contributed by atoms with Crippen LogP contribution in [-0.4, -0.2) is 66.3 Å². The maximum absolute atomic E-state index is 12.3. The molecule has 18 heavy (non-hydrogen) atoms. The molecule has 2 aliphatic rings. The molecule has 2 saturated heterocycles. The van der Waals surface area contributed by atoms with Gasteiger partial charge in [-0.2, -0.15) is 0 Å². The molecule has 0 spiro atoms. The van der Waals surface area contributed by atoms with Crippen LogP contribution in [-0.2, 0) is 9.53 Å². The Hall–Kier alpha value is -1.30. The fraction of sp³-hybridized carbons (Fsp3) is 0.833. The third kappa shape index (κ3) is 2.58. The lowest BCUT2D eigenvalue weighted by Gasteiger charge is -2.27. The smallest absolute Gasteiger partial charge is 0.326 e. The predicted molar refractivity (Wildman–Crippen MR) is 64.3 cm³/mol. The second kappa shape index (κ2) is 5.56. The zero-order valence-corrected chi connectivity index (χ0v) is 10.7. The van der Waals surface area contributed by atoms with Crippen molar-refractivity contribution < 1.29 is 19.4 Å². The Balaban J connectivity index is 1.93. The fourth-order valence-corrected chi connectivity index (χ4v) is 2.81. The van der Waals surface area contributed by atoms with Crippen LogP contribution < -0.4 is 0 Å². The molecule has 0 aromatic heterocycles. The number of rotatable bonds is 3. The number of aliphatic carboxylic acids is 1. The summed E-state index contributed by atoms with van der Waals surface area (Å²) in [6.07, 6.45) is 2.28. The minimum Gasteiger partial charge on any atom is -0.480 e. The summed E-state index contributed by atoms with van der Waals surface area (Å²) >= 11 is 0. The normalized spacial score (nSPS) is 27.8. The van der Waals surface area contributed by atoms with Gasteiger partial charge >= 0.3 is 12.0 Å². The van der Waals surface area contributed by atoms with E-state index < -0.39 is 12.0 Å². The summed E-state index contributed by atoms with van der Waals surface area (Å²) in [6.45, 7) is 2.60. The Labute approximate surface area is 106 Å². The van der Waals surface area contributed by atoms with E-state index in [-0.39, 0.29) is 6.03 Å². The first-order chi connectivity index (χ1) is 8.63. The zero-order chi connectivity index (χ0) is 13.1. The second-order valence-electron chi connectivity index (χ2n) is 5.03. The molecule has 2 heterocycles. The van der Waals surface area contributed by atoms with E-state index in [0.717, 1.165) is 12.8 Å². The van der Waals surface area contributed by atoms with Crippen molar-refractivity contribution in [2.24, 2.45) is 5.92 Å². The lowest BCUT2D eigenvalue weighted by molar-refractivity contribution is -0.141. The predicted octanol–water partition coefficient (Wildman–Crippen LogP) is 0.624. The fourth-order valence-electron chi connectivity index (χ4n) is 2.81. The third-order valence-corrected chi connectivity index (χ3v) is 3.74. The van der Waals surface area contributed by atoms with Crippen molar-refractivity contribution in [3.63, 3.8) is 0 Å². The molecule has 2 rings (SSSR count). The van der Waals surface area contributed by atoms with Gasteiger partial charge < -0.3 is 19.6 Å². The van der Waals surface area contributed by atoms with E-state index in [2.05, 4.69) is 0 Å². The molecule has 0 aromatic rings. The molecule has 1 N–H and O–H groups in total. The molecule has 1 unspecified atom stereocenters. The molecule has 0 saturated carbocycles.